The minimum atomic E-state index is 0.255. The molecule has 0 saturated heterocycles. The average Bonchev–Trinajstić information content (AvgIpc) is 2.12. The van der Waals surface area contributed by atoms with Crippen LogP contribution in [0.1, 0.15) is 5.69 Å². The maximum Gasteiger partial charge on any atom is 0.145 e. The Morgan fingerprint density at radius 1 is 1.38 bits per heavy atom. The summed E-state index contributed by atoms with van der Waals surface area (Å²) >= 11 is 3.39. The van der Waals surface area contributed by atoms with E-state index in [0.29, 0.717) is 5.69 Å². The number of rotatable bonds is 0. The molecule has 0 fully saturated rings. The standard InChI is InChI=1S/C10H8BrNO/c1-6-10(13)9-7(5-12-6)3-2-4-8(9)11/h2-5,13H,1H3. The Labute approximate surface area is 84.4 Å². The number of hydrogen-bond acceptors (Lipinski definition) is 2. The Bertz CT molecular complexity index is 468. The van der Waals surface area contributed by atoms with Gasteiger partial charge in [0.25, 0.3) is 0 Å². The van der Waals surface area contributed by atoms with Crippen molar-refractivity contribution < 1.29 is 5.11 Å². The van der Waals surface area contributed by atoms with Crippen LogP contribution in [0.5, 0.6) is 5.75 Å². The van der Waals surface area contributed by atoms with Crippen molar-refractivity contribution in [2.45, 2.75) is 6.92 Å². The van der Waals surface area contributed by atoms with Gasteiger partial charge in [0.2, 0.25) is 0 Å². The van der Waals surface area contributed by atoms with Crippen LogP contribution in [0.2, 0.25) is 0 Å². The summed E-state index contributed by atoms with van der Waals surface area (Å²) in [5.74, 6) is 0.255. The van der Waals surface area contributed by atoms with Crippen LogP contribution in [-0.2, 0) is 0 Å². The minimum Gasteiger partial charge on any atom is -0.505 e. The molecule has 0 amide bonds. The normalized spacial score (nSPS) is 10.6. The van der Waals surface area contributed by atoms with Crippen LogP contribution in [0.3, 0.4) is 0 Å². The molecule has 2 rings (SSSR count). The lowest BCUT2D eigenvalue weighted by Crippen LogP contribution is -1.84. The second kappa shape index (κ2) is 3.00. The summed E-state index contributed by atoms with van der Waals surface area (Å²) in [6.45, 7) is 1.79. The smallest absolute Gasteiger partial charge is 0.145 e. The van der Waals surface area contributed by atoms with Crippen molar-refractivity contribution in [2.24, 2.45) is 0 Å². The van der Waals surface area contributed by atoms with Crippen molar-refractivity contribution >= 4 is 26.7 Å². The summed E-state index contributed by atoms with van der Waals surface area (Å²) in [4.78, 5) is 4.08. The summed E-state index contributed by atoms with van der Waals surface area (Å²) < 4.78 is 0.896. The van der Waals surface area contributed by atoms with E-state index < -0.39 is 0 Å². The molecule has 1 aromatic carbocycles. The first-order valence-corrected chi connectivity index (χ1v) is 4.72. The van der Waals surface area contributed by atoms with E-state index in [-0.39, 0.29) is 5.75 Å². The van der Waals surface area contributed by atoms with Gasteiger partial charge < -0.3 is 5.11 Å². The Kier molecular flexibility index (Phi) is 1.96. The van der Waals surface area contributed by atoms with E-state index in [0.717, 1.165) is 15.2 Å². The second-order valence-corrected chi connectivity index (χ2v) is 3.75. The molecule has 0 aliphatic heterocycles. The molecule has 2 nitrogen and oxygen atoms in total. The lowest BCUT2D eigenvalue weighted by Gasteiger charge is -2.04. The topological polar surface area (TPSA) is 33.1 Å². The van der Waals surface area contributed by atoms with Crippen LogP contribution in [0.25, 0.3) is 10.8 Å². The zero-order chi connectivity index (χ0) is 9.42. The highest BCUT2D eigenvalue weighted by atomic mass is 79.9. The quantitative estimate of drug-likeness (QED) is 0.765. The molecular weight excluding hydrogens is 230 g/mol. The van der Waals surface area contributed by atoms with Crippen LogP contribution in [0.4, 0.5) is 0 Å². The van der Waals surface area contributed by atoms with Gasteiger partial charge in [-0.25, -0.2) is 0 Å². The molecule has 0 aliphatic carbocycles. The maximum absolute atomic E-state index is 9.75. The van der Waals surface area contributed by atoms with Crippen molar-refractivity contribution in [2.75, 3.05) is 0 Å². The zero-order valence-electron chi connectivity index (χ0n) is 7.08. The third-order valence-electron chi connectivity index (χ3n) is 2.02. The number of nitrogens with zero attached hydrogens (tertiary/aromatic N) is 1. The summed E-state index contributed by atoms with van der Waals surface area (Å²) in [7, 11) is 0. The van der Waals surface area contributed by atoms with Gasteiger partial charge in [0, 0.05) is 21.4 Å². The van der Waals surface area contributed by atoms with Crippen molar-refractivity contribution in [1.29, 1.82) is 0 Å². The van der Waals surface area contributed by atoms with Gasteiger partial charge >= 0.3 is 0 Å². The monoisotopic (exact) mass is 237 g/mol. The highest BCUT2D eigenvalue weighted by Gasteiger charge is 2.06. The largest absolute Gasteiger partial charge is 0.505 e. The number of benzene rings is 1. The highest BCUT2D eigenvalue weighted by Crippen LogP contribution is 2.32. The molecule has 0 atom stereocenters. The molecule has 0 spiro atoms. The van der Waals surface area contributed by atoms with E-state index in [4.69, 9.17) is 0 Å². The van der Waals surface area contributed by atoms with E-state index in [1.165, 1.54) is 0 Å². The van der Waals surface area contributed by atoms with Crippen LogP contribution >= 0.6 is 15.9 Å². The van der Waals surface area contributed by atoms with Gasteiger partial charge in [0.05, 0.1) is 5.69 Å². The molecule has 1 aromatic heterocycles. The number of halogens is 1. The van der Waals surface area contributed by atoms with E-state index in [1.54, 1.807) is 13.1 Å². The molecule has 0 bridgehead atoms. The molecule has 13 heavy (non-hydrogen) atoms. The van der Waals surface area contributed by atoms with Crippen molar-refractivity contribution in [3.63, 3.8) is 0 Å². The SMILES string of the molecule is Cc1ncc2cccc(Br)c2c1O. The first-order valence-electron chi connectivity index (χ1n) is 3.93. The number of hydrogen-bond donors (Lipinski definition) is 1. The average molecular weight is 238 g/mol. The van der Waals surface area contributed by atoms with Crippen LogP contribution < -0.4 is 0 Å². The Morgan fingerprint density at radius 3 is 2.92 bits per heavy atom. The van der Waals surface area contributed by atoms with Gasteiger partial charge in [-0.1, -0.05) is 28.1 Å². The Hall–Kier alpha value is -1.09. The fourth-order valence-electron chi connectivity index (χ4n) is 1.31. The summed E-state index contributed by atoms with van der Waals surface area (Å²) in [6.07, 6.45) is 1.76. The lowest BCUT2D eigenvalue weighted by atomic mass is 10.1. The number of fused-ring (bicyclic) bond motifs is 1. The molecule has 2 aromatic rings. The molecular formula is C10H8BrNO. The predicted octanol–water partition coefficient (Wildman–Crippen LogP) is 3.01. The van der Waals surface area contributed by atoms with E-state index in [2.05, 4.69) is 20.9 Å². The van der Waals surface area contributed by atoms with E-state index in [9.17, 15) is 5.11 Å². The lowest BCUT2D eigenvalue weighted by molar-refractivity contribution is 0.474. The molecule has 1 heterocycles. The molecule has 66 valence electrons. The maximum atomic E-state index is 9.75. The molecule has 1 N–H and O–H groups in total. The summed E-state index contributed by atoms with van der Waals surface area (Å²) in [5, 5.41) is 11.5. The summed E-state index contributed by atoms with van der Waals surface area (Å²) in [6, 6.07) is 5.75. The molecule has 0 aliphatic rings. The number of aromatic hydroxyl groups is 1. The van der Waals surface area contributed by atoms with Crippen LogP contribution in [-0.4, -0.2) is 10.1 Å². The van der Waals surface area contributed by atoms with Crippen molar-refractivity contribution in [3.8, 4) is 5.75 Å². The molecule has 0 saturated carbocycles. The molecule has 0 radical (unpaired) electrons. The third kappa shape index (κ3) is 1.29. The summed E-state index contributed by atoms with van der Waals surface area (Å²) in [5.41, 5.74) is 0.652. The Balaban J connectivity index is 2.97. The van der Waals surface area contributed by atoms with Crippen molar-refractivity contribution in [3.05, 3.63) is 34.6 Å². The van der Waals surface area contributed by atoms with Crippen LogP contribution in [0, 0.1) is 6.92 Å². The number of pyridine rings is 1. The first-order chi connectivity index (χ1) is 6.20. The molecule has 3 heteroatoms. The van der Waals surface area contributed by atoms with Crippen LogP contribution in [0.15, 0.2) is 28.9 Å². The third-order valence-corrected chi connectivity index (χ3v) is 2.68. The fraction of sp³-hybridized carbons (Fsp3) is 0.100. The van der Waals surface area contributed by atoms with Crippen molar-refractivity contribution in [1.82, 2.24) is 4.98 Å². The fourth-order valence-corrected chi connectivity index (χ4v) is 1.88. The number of aromatic nitrogens is 1. The number of aryl methyl sites for hydroxylation is 1. The van der Waals surface area contributed by atoms with Gasteiger partial charge in [-0.2, -0.15) is 0 Å². The van der Waals surface area contributed by atoms with Gasteiger partial charge in [-0.15, -0.1) is 0 Å². The van der Waals surface area contributed by atoms with E-state index >= 15 is 0 Å². The predicted molar refractivity (Wildman–Crippen MR) is 55.8 cm³/mol. The minimum absolute atomic E-state index is 0.255. The van der Waals surface area contributed by atoms with Gasteiger partial charge in [-0.3, -0.25) is 4.98 Å². The Morgan fingerprint density at radius 2 is 2.15 bits per heavy atom. The van der Waals surface area contributed by atoms with Gasteiger partial charge in [0.15, 0.2) is 0 Å². The first kappa shape index (κ1) is 8.51. The zero-order valence-corrected chi connectivity index (χ0v) is 8.67. The highest BCUT2D eigenvalue weighted by molar-refractivity contribution is 9.10. The van der Waals surface area contributed by atoms with Gasteiger partial charge in [0.1, 0.15) is 5.75 Å². The second-order valence-electron chi connectivity index (χ2n) is 2.90. The van der Waals surface area contributed by atoms with E-state index in [1.807, 2.05) is 18.2 Å². The van der Waals surface area contributed by atoms with Gasteiger partial charge in [-0.05, 0) is 13.0 Å². The molecule has 0 unspecified atom stereocenters.